The maximum atomic E-state index is 12.3. The van der Waals surface area contributed by atoms with Crippen LogP contribution in [0.4, 0.5) is 77.0 Å². The number of aromatic carboxylic acids is 1. The number of nitro groups is 3. The molecular weight excluding hydrogens is 1710 g/mol. The number of ether oxygens (including phenoxy) is 2. The first-order valence-corrected chi connectivity index (χ1v) is 34.0. The number of rotatable bonds is 27. The van der Waals surface area contributed by atoms with Crippen molar-refractivity contribution in [2.24, 2.45) is 30.7 Å². The predicted molar refractivity (Wildman–Crippen MR) is 412 cm³/mol. The van der Waals surface area contributed by atoms with Crippen molar-refractivity contribution >= 4 is 153 Å². The Kier molecular flexibility index (Phi) is 41.0. The van der Waals surface area contributed by atoms with Gasteiger partial charge >= 0.3 is 17.9 Å². The minimum Gasteiger partial charge on any atom is -1.00 e. The second-order valence-electron chi connectivity index (χ2n) is 20.7. The number of halogens is 6. The summed E-state index contributed by atoms with van der Waals surface area (Å²) in [6.07, 6.45) is -1.09. The largest absolute Gasteiger partial charge is 1.00 e. The molecule has 0 aromatic heterocycles. The number of nitro benzene ring substituents is 3. The van der Waals surface area contributed by atoms with E-state index in [1.807, 2.05) is 98.5 Å². The molecule has 2 N–H and O–H groups in total. The molecule has 0 bridgehead atoms. The molecule has 0 spiro atoms. The number of hydrogen-bond donors (Lipinski definition) is 2. The maximum Gasteiger partial charge on any atom is 0.338 e. The number of carboxylic acids is 1. The van der Waals surface area contributed by atoms with Gasteiger partial charge in [0.25, 0.3) is 23.1 Å². The van der Waals surface area contributed by atoms with Crippen LogP contribution in [0.15, 0.2) is 262 Å². The molecule has 0 aliphatic carbocycles. The van der Waals surface area contributed by atoms with Crippen molar-refractivity contribution in [3.05, 3.63) is 296 Å². The molecule has 0 aliphatic heterocycles. The molecule has 0 saturated heterocycles. The second kappa shape index (κ2) is 48.5. The summed E-state index contributed by atoms with van der Waals surface area (Å²) in [6, 6.07) is 59.6. The fourth-order valence-electron chi connectivity index (χ4n) is 8.67. The van der Waals surface area contributed by atoms with Crippen LogP contribution in [0.3, 0.4) is 0 Å². The van der Waals surface area contributed by atoms with E-state index in [2.05, 4.69) is 113 Å². The number of likely N-dealkylation sites (N-methyl/N-ethyl adjacent to an activating group) is 3. The third-order valence-corrected chi connectivity index (χ3v) is 15.4. The van der Waals surface area contributed by atoms with E-state index in [4.69, 9.17) is 19.7 Å². The summed E-state index contributed by atoms with van der Waals surface area (Å²) in [5.41, 5.74) is 7.91. The van der Waals surface area contributed by atoms with Crippen molar-refractivity contribution in [2.75, 3.05) is 73.8 Å². The number of anilines is 3. The zero-order chi connectivity index (χ0) is 75.1. The number of esters is 2. The van der Waals surface area contributed by atoms with Crippen molar-refractivity contribution in [3.63, 3.8) is 0 Å². The Morgan fingerprint density at radius 2 is 0.724 bits per heavy atom. The smallest absolute Gasteiger partial charge is 0.338 e. The molecular formula is C73H68BrF3I2N12O13Zn-2. The zero-order valence-electron chi connectivity index (χ0n) is 56.7. The minimum absolute atomic E-state index is 0. The standard InChI is InChI=1S/C25H22F2N4O4.C23H21IN4O4.C16H18N4O3.C7H5IO2.C2H2Br.FH.Zn/c1-2-30(15-16-35-25(32)19-5-3-18(4-6-19)17-24(26)27)22-11-7-20(8-12-22)28-29-21-9-13-23(14-10-21)31(33)34;1-2-27(15-16-32-23(29)17-3-5-18(24)6-4-17)21-11-7-19(8-12-21)25-26-20-9-13-22(14-10-20)28(30)31;1-2-19(11-12-21)15-7-3-13(4-8-15)17-18-14-5-9-16(10-6-14)20(22)23;8-6-3-1-5(2-4-6)7(9)10;1-2-3;;/h3-14,17H,2,15-16H2,1H3;3-14H,2,15-16H2,1H3;3-10,21H,2,11-12H2,1H3;1-4H,(H,9,10);1H2;1H;/q;;;;-1;;/p-1. The van der Waals surface area contributed by atoms with Crippen LogP contribution < -0.4 is 19.4 Å². The van der Waals surface area contributed by atoms with Gasteiger partial charge in [-0.3, -0.25) is 36.9 Å². The zero-order valence-corrected chi connectivity index (χ0v) is 65.5. The van der Waals surface area contributed by atoms with E-state index >= 15 is 0 Å². The summed E-state index contributed by atoms with van der Waals surface area (Å²) in [4.78, 5) is 73.7. The van der Waals surface area contributed by atoms with Crippen LogP contribution in [0.1, 0.15) is 57.4 Å². The van der Waals surface area contributed by atoms with Crippen molar-refractivity contribution < 1.29 is 81.8 Å². The van der Waals surface area contributed by atoms with Gasteiger partial charge in [-0.1, -0.05) is 12.1 Å². The number of benzene rings is 9. The molecule has 9 aromatic carbocycles. The molecule has 9 aromatic rings. The third-order valence-electron chi connectivity index (χ3n) is 14.0. The number of non-ortho nitro benzene ring substituents is 3. The van der Waals surface area contributed by atoms with Gasteiger partial charge in [-0.15, -0.1) is 0 Å². The molecule has 0 fully saturated rings. The number of nitrogens with zero attached hydrogens (tertiary/aromatic N) is 12. The van der Waals surface area contributed by atoms with E-state index in [0.717, 1.165) is 43.4 Å². The number of carboxylic acid groups (broad SMARTS) is 1. The fraction of sp³-hybridized carbons (Fsp3) is 0.164. The number of hydrogen-bond acceptors (Lipinski definition) is 21. The Hall–Kier alpha value is -10.4. The van der Waals surface area contributed by atoms with Crippen molar-refractivity contribution in [1.82, 2.24) is 0 Å². The average molecular weight is 1780 g/mol. The van der Waals surface area contributed by atoms with Crippen molar-refractivity contribution in [1.29, 1.82) is 0 Å². The molecule has 544 valence electrons. The maximum absolute atomic E-state index is 12.3. The monoisotopic (exact) mass is 1770 g/mol. The average Bonchev–Trinajstić information content (AvgIpc) is 0.917. The first-order chi connectivity index (χ1) is 49.6. The SMILES string of the molecule is C=[C-]Br.CCN(CCO)c1ccc(N=Nc2ccc([N+](=O)[O-])cc2)cc1.CCN(CCOC(=O)c1ccc(C=C(F)F)cc1)c1ccc(N=Nc2ccc([N+](=O)[O-])cc2)cc1.CCN(CCOC(=O)c1ccc(I)cc1)c1ccc(N=Nc2ccc([N+](=O)[O-])cc2)cc1.O=C(O)c1ccc(I)cc1.[F-].[Zn]. The van der Waals surface area contributed by atoms with Crippen molar-refractivity contribution in [3.8, 4) is 0 Å². The van der Waals surface area contributed by atoms with Gasteiger partial charge in [0.05, 0.1) is 85.3 Å². The van der Waals surface area contributed by atoms with Gasteiger partial charge in [-0.05, 0) is 241 Å². The number of azo groups is 3. The van der Waals surface area contributed by atoms with Gasteiger partial charge in [-0.25, -0.2) is 14.4 Å². The quantitative estimate of drug-likeness (QED) is 0.00919. The van der Waals surface area contributed by atoms with Gasteiger partial charge in [0.2, 0.25) is 0 Å². The predicted octanol–water partition coefficient (Wildman–Crippen LogP) is 17.4. The summed E-state index contributed by atoms with van der Waals surface area (Å²) in [7, 11) is 0. The molecule has 105 heavy (non-hydrogen) atoms. The van der Waals surface area contributed by atoms with Crippen LogP contribution in [0.25, 0.3) is 6.08 Å². The first-order valence-electron chi connectivity index (χ1n) is 31.1. The molecule has 0 aliphatic rings. The first kappa shape index (κ1) is 88.8. The van der Waals surface area contributed by atoms with Crippen LogP contribution in [-0.4, -0.2) is 102 Å². The Morgan fingerprint density at radius 3 is 0.962 bits per heavy atom. The van der Waals surface area contributed by atoms with Gasteiger partial charge in [-0.2, -0.15) is 39.5 Å². The molecule has 9 rings (SSSR count). The number of carbonyl (C=O) groups excluding carboxylic acids is 2. The minimum atomic E-state index is -1.81. The molecule has 0 heterocycles. The van der Waals surface area contributed by atoms with Gasteiger partial charge in [0.15, 0.2) is 0 Å². The van der Waals surface area contributed by atoms with Crippen LogP contribution >= 0.6 is 61.1 Å². The molecule has 0 atom stereocenters. The van der Waals surface area contributed by atoms with E-state index in [9.17, 15) is 53.5 Å². The summed E-state index contributed by atoms with van der Waals surface area (Å²) in [5.74, 6) is -1.74. The Labute approximate surface area is 651 Å². The number of aliphatic hydroxyl groups excluding tert-OH is 1. The molecule has 25 nitrogen and oxygen atoms in total. The second-order valence-corrected chi connectivity index (χ2v) is 23.8. The normalized spacial score (nSPS) is 10.3. The molecule has 0 amide bonds. The van der Waals surface area contributed by atoms with Gasteiger partial charge < -0.3 is 60.0 Å². The molecule has 0 saturated carbocycles. The third kappa shape index (κ3) is 32.4. The van der Waals surface area contributed by atoms with Crippen molar-refractivity contribution in [2.45, 2.75) is 20.8 Å². The summed E-state index contributed by atoms with van der Waals surface area (Å²) in [5, 5.41) is 74.2. The van der Waals surface area contributed by atoms with E-state index in [0.29, 0.717) is 77.0 Å². The van der Waals surface area contributed by atoms with Crippen LogP contribution in [0.5, 0.6) is 0 Å². The van der Waals surface area contributed by atoms with Crippen LogP contribution in [0, 0.1) is 42.5 Å². The van der Waals surface area contributed by atoms with E-state index in [-0.39, 0.29) is 72.6 Å². The van der Waals surface area contributed by atoms with Gasteiger partial charge in [0, 0.05) is 112 Å². The van der Waals surface area contributed by atoms with Gasteiger partial charge in [0.1, 0.15) is 13.2 Å². The summed E-state index contributed by atoms with van der Waals surface area (Å²) >= 11 is 7.10. The molecule has 32 heteroatoms. The Bertz CT molecular complexity index is 4320. The number of aliphatic hydroxyl groups is 1. The Balaban J connectivity index is 0.000000378. The molecule has 0 unspecified atom stereocenters. The summed E-state index contributed by atoms with van der Waals surface area (Å²) < 4.78 is 37.4. The van der Waals surface area contributed by atoms with E-state index in [1.165, 1.54) is 72.8 Å². The van der Waals surface area contributed by atoms with Crippen LogP contribution in [-0.2, 0) is 29.0 Å². The number of carbonyl (C=O) groups is 3. The van der Waals surface area contributed by atoms with E-state index in [1.54, 1.807) is 72.8 Å². The topological polar surface area (TPSA) is 323 Å². The fourth-order valence-corrected chi connectivity index (χ4v) is 9.39. The summed E-state index contributed by atoms with van der Waals surface area (Å²) in [6.45, 7) is 13.6. The van der Waals surface area contributed by atoms with Crippen LogP contribution in [0.2, 0.25) is 0 Å². The molecule has 0 radical (unpaired) electrons. The van der Waals surface area contributed by atoms with E-state index < -0.39 is 32.8 Å². The Morgan fingerprint density at radius 1 is 0.476 bits per heavy atom.